The van der Waals surface area contributed by atoms with Crippen LogP contribution in [-0.2, 0) is 14.1 Å². The summed E-state index contributed by atoms with van der Waals surface area (Å²) in [5.74, 6) is 3.35. The lowest BCUT2D eigenvalue weighted by atomic mass is 10.1. The van der Waals surface area contributed by atoms with Gasteiger partial charge in [0.2, 0.25) is 6.79 Å². The summed E-state index contributed by atoms with van der Waals surface area (Å²) in [5, 5.41) is 11.2. The van der Waals surface area contributed by atoms with E-state index in [0.717, 1.165) is 22.5 Å². The van der Waals surface area contributed by atoms with Crippen LogP contribution in [0.1, 0.15) is 10.4 Å². The van der Waals surface area contributed by atoms with Crippen LogP contribution in [0.3, 0.4) is 0 Å². The summed E-state index contributed by atoms with van der Waals surface area (Å²) in [7, 11) is 3.73. The summed E-state index contributed by atoms with van der Waals surface area (Å²) in [5.41, 5.74) is 10.8. The molecule has 0 radical (unpaired) electrons. The molecule has 0 saturated carbocycles. The Kier molecular flexibility index (Phi) is 9.24. The average molecular weight is 681 g/mol. The average Bonchev–Trinajstić information content (AvgIpc) is 3.90. The van der Waals surface area contributed by atoms with Crippen molar-refractivity contribution in [3.8, 4) is 57.0 Å². The second-order valence-electron chi connectivity index (χ2n) is 11.4. The second-order valence-corrected chi connectivity index (χ2v) is 11.4. The molecule has 0 bridgehead atoms. The monoisotopic (exact) mass is 680 g/mol. The third-order valence-electron chi connectivity index (χ3n) is 7.53. The molecular formula is C38H32N8O5. The molecule has 13 nitrogen and oxygen atoms in total. The first-order valence-electron chi connectivity index (χ1n) is 15.8. The predicted octanol–water partition coefficient (Wildman–Crippen LogP) is 7.11. The number of rotatable bonds is 8. The fourth-order valence-corrected chi connectivity index (χ4v) is 5.17. The van der Waals surface area contributed by atoms with Crippen molar-refractivity contribution < 1.29 is 23.7 Å². The van der Waals surface area contributed by atoms with Gasteiger partial charge >= 0.3 is 0 Å². The maximum absolute atomic E-state index is 12.7. The van der Waals surface area contributed by atoms with Crippen LogP contribution in [0.2, 0.25) is 0 Å². The van der Waals surface area contributed by atoms with Crippen molar-refractivity contribution in [3.63, 3.8) is 0 Å². The van der Waals surface area contributed by atoms with Crippen molar-refractivity contribution in [1.82, 2.24) is 29.5 Å². The summed E-state index contributed by atoms with van der Waals surface area (Å²) in [6.45, 7) is 0.107. The minimum absolute atomic E-state index is 0.107. The van der Waals surface area contributed by atoms with E-state index >= 15 is 0 Å². The van der Waals surface area contributed by atoms with Crippen LogP contribution in [0.4, 0.5) is 11.4 Å². The maximum Gasteiger partial charge on any atom is 0.259 e. The number of amides is 1. The number of nitrogens with one attached hydrogen (secondary N) is 1. The number of nitrogen functional groups attached to an aromatic ring is 1. The first-order valence-corrected chi connectivity index (χ1v) is 15.8. The highest BCUT2D eigenvalue weighted by Crippen LogP contribution is 2.36. The minimum Gasteiger partial charge on any atom is -0.457 e. The quantitative estimate of drug-likeness (QED) is 0.159. The van der Waals surface area contributed by atoms with E-state index in [4.69, 9.17) is 24.7 Å². The van der Waals surface area contributed by atoms with Crippen LogP contribution in [-0.4, -0.2) is 42.2 Å². The number of carbonyl (C=O) groups excluding carboxylic acids is 1. The fourth-order valence-electron chi connectivity index (χ4n) is 5.17. The largest absolute Gasteiger partial charge is 0.457 e. The molecule has 254 valence electrons. The van der Waals surface area contributed by atoms with E-state index < -0.39 is 0 Å². The van der Waals surface area contributed by atoms with Gasteiger partial charge in [-0.25, -0.2) is 0 Å². The molecule has 1 amide bonds. The van der Waals surface area contributed by atoms with E-state index in [1.807, 2.05) is 75.0 Å². The molecular weight excluding hydrogens is 648 g/mol. The molecule has 0 atom stereocenters. The number of aromatic nitrogens is 6. The van der Waals surface area contributed by atoms with Gasteiger partial charge in [0.25, 0.3) is 5.91 Å². The lowest BCUT2D eigenvalue weighted by Gasteiger charge is -2.10. The molecule has 3 aromatic carbocycles. The third kappa shape index (κ3) is 7.95. The number of nitrogens with zero attached hydrogens (tertiary/aromatic N) is 6. The van der Waals surface area contributed by atoms with Crippen LogP contribution in [0, 0.1) is 0 Å². The van der Waals surface area contributed by atoms with E-state index in [9.17, 15) is 4.79 Å². The van der Waals surface area contributed by atoms with Crippen LogP contribution in [0.15, 0.2) is 128 Å². The van der Waals surface area contributed by atoms with Gasteiger partial charge in [0.1, 0.15) is 23.0 Å². The normalized spacial score (nSPS) is 11.3. The van der Waals surface area contributed by atoms with E-state index in [0.29, 0.717) is 51.4 Å². The van der Waals surface area contributed by atoms with Crippen molar-refractivity contribution >= 4 is 17.3 Å². The molecule has 1 aliphatic heterocycles. The molecule has 0 saturated heterocycles. The Balaban J connectivity index is 0.000000175. The van der Waals surface area contributed by atoms with Gasteiger partial charge in [-0.15, -0.1) is 0 Å². The maximum atomic E-state index is 12.7. The summed E-state index contributed by atoms with van der Waals surface area (Å²) in [4.78, 5) is 21.4. The zero-order valence-electron chi connectivity index (χ0n) is 27.6. The molecule has 13 heteroatoms. The highest BCUT2D eigenvalue weighted by atomic mass is 16.7. The van der Waals surface area contributed by atoms with Gasteiger partial charge in [0, 0.05) is 85.6 Å². The minimum atomic E-state index is -0.290. The summed E-state index contributed by atoms with van der Waals surface area (Å²) in [6.07, 6.45) is 10.7. The van der Waals surface area contributed by atoms with Gasteiger partial charge < -0.3 is 30.0 Å². The Morgan fingerprint density at radius 3 is 1.92 bits per heavy atom. The smallest absolute Gasteiger partial charge is 0.259 e. The molecule has 8 rings (SSSR count). The lowest BCUT2D eigenvalue weighted by molar-refractivity contribution is 0.102. The lowest BCUT2D eigenvalue weighted by Crippen LogP contribution is -2.12. The molecule has 7 aromatic rings. The number of hydrogen-bond donors (Lipinski definition) is 2. The summed E-state index contributed by atoms with van der Waals surface area (Å²) < 4.78 is 26.0. The van der Waals surface area contributed by atoms with E-state index in [1.54, 1.807) is 76.6 Å². The van der Waals surface area contributed by atoms with Gasteiger partial charge in [-0.3, -0.25) is 24.1 Å². The van der Waals surface area contributed by atoms with Gasteiger partial charge in [-0.05, 0) is 48.5 Å². The van der Waals surface area contributed by atoms with Crippen molar-refractivity contribution in [1.29, 1.82) is 0 Å². The number of pyridine rings is 2. The molecule has 5 heterocycles. The Morgan fingerprint density at radius 2 is 1.31 bits per heavy atom. The predicted molar refractivity (Wildman–Crippen MR) is 191 cm³/mol. The first-order chi connectivity index (χ1) is 24.9. The Bertz CT molecular complexity index is 2320. The standard InChI is InChI=1S/C23H18N4O4.C15H14N4O/c1-27-13-15(12-25-27)20-11-18(8-9-24-20)31-17-5-2-4-16(10-17)26-23(28)19-6-3-7-21-22(19)30-14-29-21;1-19-10-11(9-18-19)15-8-14(5-6-17-15)20-13-4-2-3-12(16)7-13/h2-13H,14H2,1H3,(H,26,28);2-10H,16H2,1H3. The second kappa shape index (κ2) is 14.5. The van der Waals surface area contributed by atoms with Crippen LogP contribution in [0.5, 0.6) is 34.5 Å². The molecule has 0 spiro atoms. The van der Waals surface area contributed by atoms with Crippen molar-refractivity contribution in [3.05, 3.63) is 134 Å². The Labute approximate surface area is 292 Å². The molecule has 0 unspecified atom stereocenters. The van der Waals surface area contributed by atoms with Crippen LogP contribution >= 0.6 is 0 Å². The van der Waals surface area contributed by atoms with Gasteiger partial charge in [-0.1, -0.05) is 18.2 Å². The van der Waals surface area contributed by atoms with Crippen LogP contribution < -0.4 is 30.0 Å². The number of aryl methyl sites for hydroxylation is 2. The Hall–Kier alpha value is -7.15. The molecule has 3 N–H and O–H groups in total. The number of nitrogens with two attached hydrogens (primary N) is 1. The van der Waals surface area contributed by atoms with Crippen molar-refractivity contribution in [2.75, 3.05) is 17.8 Å². The third-order valence-corrected chi connectivity index (χ3v) is 7.53. The van der Waals surface area contributed by atoms with Crippen LogP contribution in [0.25, 0.3) is 22.5 Å². The fraction of sp³-hybridized carbons (Fsp3) is 0.0789. The highest BCUT2D eigenvalue weighted by Gasteiger charge is 2.22. The van der Waals surface area contributed by atoms with Gasteiger partial charge in [0.05, 0.1) is 29.3 Å². The number of fused-ring (bicyclic) bond motifs is 1. The SMILES string of the molecule is Cn1cc(-c2cc(Oc3cccc(N)c3)ccn2)cn1.Cn1cc(-c2cc(Oc3cccc(NC(=O)c4cccc5c4OCO5)c3)ccn2)cn1. The van der Waals surface area contributed by atoms with Crippen molar-refractivity contribution in [2.45, 2.75) is 0 Å². The van der Waals surface area contributed by atoms with E-state index in [2.05, 4.69) is 25.5 Å². The number of hydrogen-bond acceptors (Lipinski definition) is 10. The molecule has 0 aliphatic carbocycles. The summed E-state index contributed by atoms with van der Waals surface area (Å²) in [6, 6.07) is 27.0. The van der Waals surface area contributed by atoms with Gasteiger partial charge in [-0.2, -0.15) is 10.2 Å². The number of carbonyl (C=O) groups is 1. The molecule has 51 heavy (non-hydrogen) atoms. The highest BCUT2D eigenvalue weighted by molar-refractivity contribution is 6.06. The number of benzene rings is 3. The van der Waals surface area contributed by atoms with E-state index in [1.165, 1.54) is 0 Å². The summed E-state index contributed by atoms with van der Waals surface area (Å²) >= 11 is 0. The van der Waals surface area contributed by atoms with Gasteiger partial charge in [0.15, 0.2) is 11.5 Å². The number of anilines is 2. The zero-order chi connectivity index (χ0) is 35.2. The Morgan fingerprint density at radius 1 is 0.725 bits per heavy atom. The number of ether oxygens (including phenoxy) is 4. The zero-order valence-corrected chi connectivity index (χ0v) is 27.6. The topological polar surface area (TPSA) is 153 Å². The molecule has 1 aliphatic rings. The van der Waals surface area contributed by atoms with Crippen molar-refractivity contribution in [2.24, 2.45) is 14.1 Å². The molecule has 0 fully saturated rings. The number of para-hydroxylation sites is 1. The molecule has 4 aromatic heterocycles. The van der Waals surface area contributed by atoms with E-state index in [-0.39, 0.29) is 12.7 Å². The first kappa shape index (κ1) is 32.4.